The smallest absolute Gasteiger partial charge is 0.124 e. The Hall–Kier alpha value is -1.55. The molecule has 0 heterocycles. The van der Waals surface area contributed by atoms with Gasteiger partial charge >= 0.3 is 0 Å². The van der Waals surface area contributed by atoms with E-state index in [2.05, 4.69) is 11.4 Å². The summed E-state index contributed by atoms with van der Waals surface area (Å²) >= 11 is 6.17. The molecule has 0 saturated carbocycles. The topological polar surface area (TPSA) is 30.5 Å². The van der Waals surface area contributed by atoms with E-state index in [9.17, 15) is 0 Å². The van der Waals surface area contributed by atoms with Gasteiger partial charge in [0.1, 0.15) is 12.4 Å². The molecule has 0 aromatic heterocycles. The summed E-state index contributed by atoms with van der Waals surface area (Å²) in [6, 6.07) is 15.8. The van der Waals surface area contributed by atoms with Gasteiger partial charge in [0, 0.05) is 35.9 Å². The summed E-state index contributed by atoms with van der Waals surface area (Å²) in [6.45, 7) is 5.78. The lowest BCUT2D eigenvalue weighted by molar-refractivity contribution is 0.144. The van der Waals surface area contributed by atoms with E-state index < -0.39 is 0 Å². The van der Waals surface area contributed by atoms with E-state index in [1.54, 1.807) is 0 Å². The van der Waals surface area contributed by atoms with Gasteiger partial charge in [-0.3, -0.25) is 0 Å². The predicted octanol–water partition coefficient (Wildman–Crippen LogP) is 4.44. The molecule has 0 bridgehead atoms. The zero-order chi connectivity index (χ0) is 16.3. The van der Waals surface area contributed by atoms with Crippen molar-refractivity contribution in [2.75, 3.05) is 19.8 Å². The number of ether oxygens (including phenoxy) is 2. The monoisotopic (exact) mass is 333 g/mol. The average molecular weight is 334 g/mol. The minimum atomic E-state index is 0.473. The minimum Gasteiger partial charge on any atom is -0.489 e. The first-order chi connectivity index (χ1) is 11.3. The molecule has 0 aliphatic heterocycles. The van der Waals surface area contributed by atoms with Crippen LogP contribution in [0.2, 0.25) is 5.02 Å². The molecule has 0 aliphatic rings. The molecule has 124 valence electrons. The SMILES string of the molecule is CCOCCCNCc1ccccc1OCc1ccccc1Cl. The Morgan fingerprint density at radius 3 is 2.52 bits per heavy atom. The molecule has 0 saturated heterocycles. The van der Waals surface area contributed by atoms with Gasteiger partial charge in [-0.25, -0.2) is 0 Å². The summed E-state index contributed by atoms with van der Waals surface area (Å²) in [4.78, 5) is 0. The van der Waals surface area contributed by atoms with Crippen molar-refractivity contribution < 1.29 is 9.47 Å². The molecule has 2 aromatic rings. The Bertz CT molecular complexity index is 589. The van der Waals surface area contributed by atoms with Crippen LogP contribution in [0.25, 0.3) is 0 Å². The third-order valence-corrected chi connectivity index (χ3v) is 3.84. The molecular formula is C19H24ClNO2. The van der Waals surface area contributed by atoms with Crippen LogP contribution in [-0.2, 0) is 17.9 Å². The molecule has 0 spiro atoms. The van der Waals surface area contributed by atoms with E-state index in [4.69, 9.17) is 21.1 Å². The first-order valence-corrected chi connectivity index (χ1v) is 8.41. The van der Waals surface area contributed by atoms with E-state index in [-0.39, 0.29) is 0 Å². The number of hydrogen-bond acceptors (Lipinski definition) is 3. The van der Waals surface area contributed by atoms with Crippen LogP contribution in [-0.4, -0.2) is 19.8 Å². The molecular weight excluding hydrogens is 310 g/mol. The molecule has 23 heavy (non-hydrogen) atoms. The van der Waals surface area contributed by atoms with Gasteiger partial charge in [0.25, 0.3) is 0 Å². The van der Waals surface area contributed by atoms with Crippen molar-refractivity contribution in [3.8, 4) is 5.75 Å². The van der Waals surface area contributed by atoms with Crippen LogP contribution >= 0.6 is 11.6 Å². The maximum atomic E-state index is 6.17. The van der Waals surface area contributed by atoms with Crippen LogP contribution in [0.1, 0.15) is 24.5 Å². The summed E-state index contributed by atoms with van der Waals surface area (Å²) in [7, 11) is 0. The lowest BCUT2D eigenvalue weighted by atomic mass is 10.2. The van der Waals surface area contributed by atoms with Crippen LogP contribution in [0.4, 0.5) is 0 Å². The first kappa shape index (κ1) is 17.8. The summed E-state index contributed by atoms with van der Waals surface area (Å²) in [5, 5.41) is 4.16. The number of benzene rings is 2. The van der Waals surface area contributed by atoms with Crippen molar-refractivity contribution in [3.05, 3.63) is 64.7 Å². The summed E-state index contributed by atoms with van der Waals surface area (Å²) in [5.41, 5.74) is 2.14. The number of para-hydroxylation sites is 1. The summed E-state index contributed by atoms with van der Waals surface area (Å²) < 4.78 is 11.3. The second-order valence-electron chi connectivity index (χ2n) is 5.22. The van der Waals surface area contributed by atoms with Crippen LogP contribution in [0.5, 0.6) is 5.75 Å². The van der Waals surface area contributed by atoms with E-state index in [0.29, 0.717) is 6.61 Å². The zero-order valence-electron chi connectivity index (χ0n) is 13.6. The van der Waals surface area contributed by atoms with Gasteiger partial charge in [-0.05, 0) is 32.0 Å². The second-order valence-corrected chi connectivity index (χ2v) is 5.62. The van der Waals surface area contributed by atoms with Crippen molar-refractivity contribution in [1.82, 2.24) is 5.32 Å². The molecule has 0 fully saturated rings. The Balaban J connectivity index is 1.84. The standard InChI is InChI=1S/C19H24ClNO2/c1-2-22-13-7-12-21-14-16-8-4-6-11-19(16)23-15-17-9-3-5-10-18(17)20/h3-6,8-11,21H,2,7,12-15H2,1H3. The molecule has 0 atom stereocenters. The zero-order valence-corrected chi connectivity index (χ0v) is 14.3. The summed E-state index contributed by atoms with van der Waals surface area (Å²) in [5.74, 6) is 0.893. The van der Waals surface area contributed by atoms with E-state index in [1.165, 1.54) is 0 Å². The third-order valence-electron chi connectivity index (χ3n) is 3.48. The molecule has 0 radical (unpaired) electrons. The lowest BCUT2D eigenvalue weighted by Gasteiger charge is -2.13. The highest BCUT2D eigenvalue weighted by Gasteiger charge is 2.05. The Kier molecular flexibility index (Phi) is 7.95. The van der Waals surface area contributed by atoms with Crippen molar-refractivity contribution >= 4 is 11.6 Å². The fourth-order valence-electron chi connectivity index (χ4n) is 2.23. The normalized spacial score (nSPS) is 10.7. The van der Waals surface area contributed by atoms with Gasteiger partial charge in [-0.1, -0.05) is 48.0 Å². The maximum Gasteiger partial charge on any atom is 0.124 e. The molecule has 1 N–H and O–H groups in total. The molecule has 0 amide bonds. The van der Waals surface area contributed by atoms with E-state index in [0.717, 1.165) is 54.6 Å². The average Bonchev–Trinajstić information content (AvgIpc) is 2.58. The van der Waals surface area contributed by atoms with Gasteiger partial charge in [-0.2, -0.15) is 0 Å². The fourth-order valence-corrected chi connectivity index (χ4v) is 2.42. The third kappa shape index (κ3) is 6.22. The maximum absolute atomic E-state index is 6.17. The highest BCUT2D eigenvalue weighted by atomic mass is 35.5. The van der Waals surface area contributed by atoms with Gasteiger partial charge in [0.05, 0.1) is 0 Å². The summed E-state index contributed by atoms with van der Waals surface area (Å²) in [6.07, 6.45) is 1.01. The number of halogens is 1. The van der Waals surface area contributed by atoms with Crippen LogP contribution in [0.3, 0.4) is 0 Å². The van der Waals surface area contributed by atoms with Crippen molar-refractivity contribution in [2.24, 2.45) is 0 Å². The van der Waals surface area contributed by atoms with Crippen LogP contribution in [0.15, 0.2) is 48.5 Å². The largest absolute Gasteiger partial charge is 0.489 e. The Morgan fingerprint density at radius 2 is 1.74 bits per heavy atom. The first-order valence-electron chi connectivity index (χ1n) is 8.04. The predicted molar refractivity (Wildman–Crippen MR) is 95.0 cm³/mol. The molecule has 2 rings (SSSR count). The van der Waals surface area contributed by atoms with Crippen molar-refractivity contribution in [1.29, 1.82) is 0 Å². The molecule has 3 nitrogen and oxygen atoms in total. The van der Waals surface area contributed by atoms with Crippen molar-refractivity contribution in [2.45, 2.75) is 26.5 Å². The molecule has 0 unspecified atom stereocenters. The van der Waals surface area contributed by atoms with Crippen LogP contribution < -0.4 is 10.1 Å². The fraction of sp³-hybridized carbons (Fsp3) is 0.368. The quantitative estimate of drug-likeness (QED) is 0.652. The van der Waals surface area contributed by atoms with Gasteiger partial charge in [-0.15, -0.1) is 0 Å². The number of nitrogens with one attached hydrogen (secondary N) is 1. The molecule has 4 heteroatoms. The van der Waals surface area contributed by atoms with E-state index >= 15 is 0 Å². The molecule has 2 aromatic carbocycles. The Morgan fingerprint density at radius 1 is 1.00 bits per heavy atom. The molecule has 0 aliphatic carbocycles. The minimum absolute atomic E-state index is 0.473. The van der Waals surface area contributed by atoms with Gasteiger partial charge in [0.2, 0.25) is 0 Å². The van der Waals surface area contributed by atoms with Crippen LogP contribution in [0, 0.1) is 0 Å². The highest BCUT2D eigenvalue weighted by molar-refractivity contribution is 6.31. The van der Waals surface area contributed by atoms with E-state index in [1.807, 2.05) is 49.4 Å². The van der Waals surface area contributed by atoms with Gasteiger partial charge in [0.15, 0.2) is 0 Å². The van der Waals surface area contributed by atoms with Crippen molar-refractivity contribution in [3.63, 3.8) is 0 Å². The van der Waals surface area contributed by atoms with Gasteiger partial charge < -0.3 is 14.8 Å². The number of rotatable bonds is 10. The highest BCUT2D eigenvalue weighted by Crippen LogP contribution is 2.21. The lowest BCUT2D eigenvalue weighted by Crippen LogP contribution is -2.17. The second kappa shape index (κ2) is 10.3. The Labute approximate surface area is 143 Å². The number of hydrogen-bond donors (Lipinski definition) is 1.